The smallest absolute Gasteiger partial charge is 0.258 e. The number of oxazole rings is 1. The van der Waals surface area contributed by atoms with Crippen LogP contribution in [0.2, 0.25) is 5.02 Å². The summed E-state index contributed by atoms with van der Waals surface area (Å²) in [5.41, 5.74) is -0.0100. The van der Waals surface area contributed by atoms with Crippen molar-refractivity contribution in [2.24, 2.45) is 5.92 Å². The van der Waals surface area contributed by atoms with E-state index >= 15 is 0 Å². The second-order valence-electron chi connectivity index (χ2n) is 6.72. The Morgan fingerprint density at radius 1 is 1.23 bits per heavy atom. The van der Waals surface area contributed by atoms with Crippen LogP contribution in [-0.4, -0.2) is 27.6 Å². The number of nitrogens with zero attached hydrogens (tertiary/aromatic N) is 1. The average Bonchev–Trinajstić information content (AvgIpc) is 3.12. The molecule has 10 heteroatoms. The van der Waals surface area contributed by atoms with Crippen molar-refractivity contribution in [1.82, 2.24) is 4.98 Å². The SMILES string of the molecule is C=C/C(=C\C(F)=C/C)c1nc(S(=O)(=O)c2ccc(Cl)cc2)c(S(=O)(=O)CC(C)C)o1. The molecule has 0 atom stereocenters. The average molecular weight is 474 g/mol. The van der Waals surface area contributed by atoms with Crippen LogP contribution in [0.25, 0.3) is 5.57 Å². The van der Waals surface area contributed by atoms with E-state index in [9.17, 15) is 21.2 Å². The Labute approximate surface area is 180 Å². The Morgan fingerprint density at radius 3 is 2.33 bits per heavy atom. The van der Waals surface area contributed by atoms with Crippen molar-refractivity contribution in [3.63, 3.8) is 0 Å². The van der Waals surface area contributed by atoms with Gasteiger partial charge in [-0.1, -0.05) is 44.2 Å². The van der Waals surface area contributed by atoms with E-state index in [0.717, 1.165) is 12.2 Å². The van der Waals surface area contributed by atoms with E-state index in [0.29, 0.717) is 5.02 Å². The van der Waals surface area contributed by atoms with Crippen LogP contribution in [0.1, 0.15) is 26.7 Å². The number of hydrogen-bond donors (Lipinski definition) is 0. The third-order valence-corrected chi connectivity index (χ3v) is 7.82. The second-order valence-corrected chi connectivity index (χ2v) is 11.0. The lowest BCUT2D eigenvalue weighted by Crippen LogP contribution is -2.15. The predicted molar refractivity (Wildman–Crippen MR) is 113 cm³/mol. The Balaban J connectivity index is 2.80. The van der Waals surface area contributed by atoms with Crippen LogP contribution in [0.5, 0.6) is 0 Å². The lowest BCUT2D eigenvalue weighted by atomic mass is 10.2. The molecule has 162 valence electrons. The van der Waals surface area contributed by atoms with Gasteiger partial charge in [-0.2, -0.15) is 4.98 Å². The van der Waals surface area contributed by atoms with Crippen molar-refractivity contribution < 1.29 is 25.6 Å². The van der Waals surface area contributed by atoms with Gasteiger partial charge in [-0.15, -0.1) is 0 Å². The highest BCUT2D eigenvalue weighted by molar-refractivity contribution is 7.94. The standard InChI is InChI=1S/C20H21ClFNO5S2/c1-5-14(11-16(22)6-2)18-23-19(20(28-18)29(24,25)12-13(3)4)30(26,27)17-9-7-15(21)8-10-17/h5-11,13H,1,12H2,2-4H3/b14-11+,16-6+. The molecule has 1 aromatic heterocycles. The number of rotatable bonds is 8. The molecule has 0 radical (unpaired) electrons. The molecular weight excluding hydrogens is 453 g/mol. The number of benzene rings is 1. The fraction of sp³-hybridized carbons (Fsp3) is 0.250. The number of allylic oxidation sites excluding steroid dienone is 5. The van der Waals surface area contributed by atoms with Crippen LogP contribution in [-0.2, 0) is 19.7 Å². The summed E-state index contributed by atoms with van der Waals surface area (Å²) < 4.78 is 71.1. The van der Waals surface area contributed by atoms with Gasteiger partial charge in [0.05, 0.1) is 10.6 Å². The van der Waals surface area contributed by atoms with E-state index in [1.54, 1.807) is 13.8 Å². The number of sulfone groups is 2. The first kappa shape index (κ1) is 24.0. The molecule has 1 heterocycles. The van der Waals surface area contributed by atoms with Crippen LogP contribution in [0.3, 0.4) is 0 Å². The van der Waals surface area contributed by atoms with Crippen molar-refractivity contribution >= 4 is 36.8 Å². The van der Waals surface area contributed by atoms with Gasteiger partial charge < -0.3 is 4.42 Å². The number of aromatic nitrogens is 1. The second kappa shape index (κ2) is 9.28. The zero-order chi connectivity index (χ0) is 22.7. The van der Waals surface area contributed by atoms with Crippen LogP contribution in [0, 0.1) is 5.92 Å². The zero-order valence-electron chi connectivity index (χ0n) is 16.6. The van der Waals surface area contributed by atoms with Crippen molar-refractivity contribution in [3.8, 4) is 0 Å². The van der Waals surface area contributed by atoms with E-state index in [1.165, 1.54) is 37.3 Å². The van der Waals surface area contributed by atoms with E-state index in [1.807, 2.05) is 0 Å². The Bertz CT molecular complexity index is 1210. The normalized spacial score (nSPS) is 13.7. The molecular formula is C20H21ClFNO5S2. The molecule has 0 spiro atoms. The molecule has 0 fully saturated rings. The van der Waals surface area contributed by atoms with E-state index in [-0.39, 0.29) is 28.0 Å². The minimum Gasteiger partial charge on any atom is -0.423 e. The molecule has 0 unspecified atom stereocenters. The summed E-state index contributed by atoms with van der Waals surface area (Å²) in [6.07, 6.45) is 3.36. The van der Waals surface area contributed by atoms with Crippen molar-refractivity contribution in [2.45, 2.75) is 35.8 Å². The topological polar surface area (TPSA) is 94.3 Å². The molecule has 6 nitrogen and oxygen atoms in total. The summed E-state index contributed by atoms with van der Waals surface area (Å²) in [4.78, 5) is 3.70. The molecule has 0 saturated carbocycles. The molecule has 0 bridgehead atoms. The van der Waals surface area contributed by atoms with Gasteiger partial charge in [-0.05, 0) is 43.2 Å². The van der Waals surface area contributed by atoms with Gasteiger partial charge in [0.25, 0.3) is 5.09 Å². The largest absolute Gasteiger partial charge is 0.423 e. The maximum atomic E-state index is 13.7. The molecule has 1 aromatic carbocycles. The fourth-order valence-corrected chi connectivity index (χ4v) is 6.03. The Hall–Kier alpha value is -2.23. The van der Waals surface area contributed by atoms with E-state index in [2.05, 4.69) is 11.6 Å². The summed E-state index contributed by atoms with van der Waals surface area (Å²) in [7, 11) is -8.52. The summed E-state index contributed by atoms with van der Waals surface area (Å²) >= 11 is 5.81. The Kier molecular flexibility index (Phi) is 7.44. The molecule has 0 aliphatic heterocycles. The molecule has 2 aromatic rings. The molecule has 2 rings (SSSR count). The molecule has 0 aliphatic rings. The van der Waals surface area contributed by atoms with Crippen LogP contribution < -0.4 is 0 Å². The first-order chi connectivity index (χ1) is 13.9. The first-order valence-electron chi connectivity index (χ1n) is 8.83. The highest BCUT2D eigenvalue weighted by atomic mass is 35.5. The van der Waals surface area contributed by atoms with Crippen LogP contribution in [0.15, 0.2) is 74.3 Å². The number of halogens is 2. The maximum absolute atomic E-state index is 13.7. The summed E-state index contributed by atoms with van der Waals surface area (Å²) in [5, 5.41) is -1.26. The first-order valence-corrected chi connectivity index (χ1v) is 12.3. The zero-order valence-corrected chi connectivity index (χ0v) is 19.0. The van der Waals surface area contributed by atoms with Crippen molar-refractivity contribution in [1.29, 1.82) is 0 Å². The highest BCUT2D eigenvalue weighted by Crippen LogP contribution is 2.32. The van der Waals surface area contributed by atoms with E-state index < -0.39 is 35.6 Å². The van der Waals surface area contributed by atoms with Crippen molar-refractivity contribution in [3.05, 3.63) is 65.8 Å². The van der Waals surface area contributed by atoms with Crippen molar-refractivity contribution in [2.75, 3.05) is 5.75 Å². The van der Waals surface area contributed by atoms with Gasteiger partial charge in [-0.25, -0.2) is 21.2 Å². The minimum absolute atomic E-state index is 0.0100. The van der Waals surface area contributed by atoms with Gasteiger partial charge >= 0.3 is 0 Å². The minimum atomic E-state index is -4.37. The molecule has 0 saturated heterocycles. The lowest BCUT2D eigenvalue weighted by molar-refractivity contribution is 0.424. The summed E-state index contributed by atoms with van der Waals surface area (Å²) in [5.74, 6) is -1.69. The van der Waals surface area contributed by atoms with Gasteiger partial charge in [0.15, 0.2) is 0 Å². The third-order valence-electron chi connectivity index (χ3n) is 3.82. The lowest BCUT2D eigenvalue weighted by Gasteiger charge is -2.07. The predicted octanol–water partition coefficient (Wildman–Crippen LogP) is 5.03. The molecule has 0 N–H and O–H groups in total. The molecule has 0 aliphatic carbocycles. The monoisotopic (exact) mass is 473 g/mol. The van der Waals surface area contributed by atoms with Gasteiger partial charge in [0.2, 0.25) is 30.6 Å². The van der Waals surface area contributed by atoms with Gasteiger partial charge in [-0.3, -0.25) is 0 Å². The van der Waals surface area contributed by atoms with Crippen LogP contribution in [0.4, 0.5) is 4.39 Å². The van der Waals surface area contributed by atoms with E-state index in [4.69, 9.17) is 16.0 Å². The highest BCUT2D eigenvalue weighted by Gasteiger charge is 2.35. The molecule has 30 heavy (non-hydrogen) atoms. The maximum Gasteiger partial charge on any atom is 0.258 e. The third kappa shape index (κ3) is 5.27. The quantitative estimate of drug-likeness (QED) is 0.499. The Morgan fingerprint density at radius 2 is 1.83 bits per heavy atom. The summed E-state index contributed by atoms with van der Waals surface area (Å²) in [6.45, 7) is 8.31. The van der Waals surface area contributed by atoms with Gasteiger partial charge in [0.1, 0.15) is 5.83 Å². The van der Waals surface area contributed by atoms with Gasteiger partial charge in [0, 0.05) is 10.6 Å². The summed E-state index contributed by atoms with van der Waals surface area (Å²) in [6, 6.07) is 5.17. The fourth-order valence-electron chi connectivity index (χ4n) is 2.46. The molecule has 0 amide bonds. The number of hydrogen-bond acceptors (Lipinski definition) is 6. The van der Waals surface area contributed by atoms with Crippen LogP contribution >= 0.6 is 11.6 Å².